The Morgan fingerprint density at radius 3 is 2.74 bits per heavy atom. The lowest BCUT2D eigenvalue weighted by Crippen LogP contribution is -2.12. The van der Waals surface area contributed by atoms with Gasteiger partial charge in [-0.15, -0.1) is 10.2 Å². The van der Waals surface area contributed by atoms with Crippen LogP contribution in [0.2, 0.25) is 5.02 Å². The number of aromatic nitrogens is 3. The molecule has 3 aromatic rings. The minimum absolute atomic E-state index is 0.0762. The Morgan fingerprint density at radius 2 is 2.00 bits per heavy atom. The number of rotatable bonds is 8. The molecule has 8 heteroatoms. The molecule has 1 N–H and O–H groups in total. The van der Waals surface area contributed by atoms with E-state index in [0.29, 0.717) is 29.5 Å². The lowest BCUT2D eigenvalue weighted by atomic mass is 10.3. The second-order valence-corrected chi connectivity index (χ2v) is 7.16. The Morgan fingerprint density at radius 1 is 1.19 bits per heavy atom. The monoisotopic (exact) mass is 402 g/mol. The van der Waals surface area contributed by atoms with Crippen molar-refractivity contribution in [2.75, 3.05) is 18.2 Å². The number of nitrogens with one attached hydrogen (secondary N) is 1. The predicted octanol–water partition coefficient (Wildman–Crippen LogP) is 4.19. The average Bonchev–Trinajstić information content (AvgIpc) is 3.05. The van der Waals surface area contributed by atoms with Crippen molar-refractivity contribution < 1.29 is 9.53 Å². The highest BCUT2D eigenvalue weighted by molar-refractivity contribution is 7.99. The summed E-state index contributed by atoms with van der Waals surface area (Å²) < 4.78 is 7.16. The fraction of sp³-hybridized carbons (Fsp3) is 0.211. The van der Waals surface area contributed by atoms with Gasteiger partial charge in [0.15, 0.2) is 11.0 Å². The number of amides is 1. The standard InChI is InChI=1S/C19H19ClN4O2S/c1-26-13-17-22-23-19(24(17)16-8-3-2-4-9-16)27-11-10-18(25)21-15-7-5-6-14(20)12-15/h2-9,12H,10-11,13H2,1H3,(H,21,25). The van der Waals surface area contributed by atoms with Gasteiger partial charge in [0, 0.05) is 35.7 Å². The minimum atomic E-state index is -0.0762. The normalized spacial score (nSPS) is 10.7. The Hall–Kier alpha value is -2.35. The van der Waals surface area contributed by atoms with Crippen LogP contribution in [0.1, 0.15) is 12.2 Å². The number of halogens is 1. The van der Waals surface area contributed by atoms with Crippen LogP contribution in [0.3, 0.4) is 0 Å². The molecule has 0 radical (unpaired) electrons. The molecule has 0 saturated carbocycles. The van der Waals surface area contributed by atoms with E-state index in [9.17, 15) is 4.79 Å². The first-order valence-corrected chi connectivity index (χ1v) is 9.70. The van der Waals surface area contributed by atoms with Crippen LogP contribution in [-0.2, 0) is 16.1 Å². The highest BCUT2D eigenvalue weighted by Gasteiger charge is 2.14. The molecular formula is C19H19ClN4O2S. The summed E-state index contributed by atoms with van der Waals surface area (Å²) >= 11 is 7.41. The quantitative estimate of drug-likeness (QED) is 0.572. The zero-order valence-electron chi connectivity index (χ0n) is 14.8. The number of thioether (sulfide) groups is 1. The van der Waals surface area contributed by atoms with Crippen LogP contribution in [0, 0.1) is 0 Å². The van der Waals surface area contributed by atoms with Gasteiger partial charge < -0.3 is 10.1 Å². The number of ether oxygens (including phenoxy) is 1. The van der Waals surface area contributed by atoms with Crippen LogP contribution in [0.15, 0.2) is 59.8 Å². The third kappa shape index (κ3) is 5.32. The molecule has 0 saturated heterocycles. The lowest BCUT2D eigenvalue weighted by Gasteiger charge is -2.10. The summed E-state index contributed by atoms with van der Waals surface area (Å²) in [5, 5.41) is 12.6. The summed E-state index contributed by atoms with van der Waals surface area (Å²) in [6.45, 7) is 0.359. The molecule has 140 valence electrons. The number of hydrogen-bond acceptors (Lipinski definition) is 5. The Balaban J connectivity index is 1.63. The highest BCUT2D eigenvalue weighted by atomic mass is 35.5. The number of benzene rings is 2. The van der Waals surface area contributed by atoms with E-state index < -0.39 is 0 Å². The van der Waals surface area contributed by atoms with Gasteiger partial charge in [-0.1, -0.05) is 47.6 Å². The van der Waals surface area contributed by atoms with E-state index in [1.807, 2.05) is 34.9 Å². The summed E-state index contributed by atoms with van der Waals surface area (Å²) in [6, 6.07) is 16.9. The maximum atomic E-state index is 12.1. The van der Waals surface area contributed by atoms with Crippen molar-refractivity contribution >= 4 is 35.0 Å². The first kappa shape index (κ1) is 19.4. The summed E-state index contributed by atoms with van der Waals surface area (Å²) in [7, 11) is 1.62. The first-order chi connectivity index (χ1) is 13.2. The minimum Gasteiger partial charge on any atom is -0.377 e. The summed E-state index contributed by atoms with van der Waals surface area (Å²) in [5.74, 6) is 1.21. The Kier molecular flexibility index (Phi) is 6.86. The Bertz CT molecular complexity index is 902. The lowest BCUT2D eigenvalue weighted by molar-refractivity contribution is -0.115. The van der Waals surface area contributed by atoms with Crippen molar-refractivity contribution in [3.8, 4) is 5.69 Å². The van der Waals surface area contributed by atoms with Gasteiger partial charge >= 0.3 is 0 Å². The van der Waals surface area contributed by atoms with Crippen LogP contribution in [0.5, 0.6) is 0 Å². The predicted molar refractivity (Wildman–Crippen MR) is 107 cm³/mol. The van der Waals surface area contributed by atoms with Crippen LogP contribution >= 0.6 is 23.4 Å². The van der Waals surface area contributed by atoms with E-state index in [0.717, 1.165) is 16.7 Å². The van der Waals surface area contributed by atoms with Gasteiger partial charge in [-0.2, -0.15) is 0 Å². The number of carbonyl (C=O) groups is 1. The Labute approximate surface area is 166 Å². The fourth-order valence-corrected chi connectivity index (χ4v) is 3.58. The van der Waals surface area contributed by atoms with E-state index in [2.05, 4.69) is 15.5 Å². The topological polar surface area (TPSA) is 69.0 Å². The van der Waals surface area contributed by atoms with Gasteiger partial charge in [0.1, 0.15) is 6.61 Å². The van der Waals surface area contributed by atoms with Crippen molar-refractivity contribution in [2.24, 2.45) is 0 Å². The van der Waals surface area contributed by atoms with Crippen LogP contribution in [0.4, 0.5) is 5.69 Å². The summed E-state index contributed by atoms with van der Waals surface area (Å²) in [6.07, 6.45) is 0.346. The molecular weight excluding hydrogens is 384 g/mol. The van der Waals surface area contributed by atoms with Crippen molar-refractivity contribution in [1.29, 1.82) is 0 Å². The molecule has 0 spiro atoms. The van der Waals surface area contributed by atoms with E-state index in [1.165, 1.54) is 11.8 Å². The van der Waals surface area contributed by atoms with E-state index >= 15 is 0 Å². The SMILES string of the molecule is COCc1nnc(SCCC(=O)Nc2cccc(Cl)c2)n1-c1ccccc1. The van der Waals surface area contributed by atoms with E-state index in [4.69, 9.17) is 16.3 Å². The number of carbonyl (C=O) groups excluding carboxylic acids is 1. The third-order valence-corrected chi connectivity index (χ3v) is 4.82. The molecule has 1 heterocycles. The van der Waals surface area contributed by atoms with E-state index in [-0.39, 0.29) is 5.91 Å². The van der Waals surface area contributed by atoms with Crippen molar-refractivity contribution in [1.82, 2.24) is 14.8 Å². The number of methoxy groups -OCH3 is 1. The molecule has 0 bridgehead atoms. The average molecular weight is 403 g/mol. The highest BCUT2D eigenvalue weighted by Crippen LogP contribution is 2.23. The zero-order chi connectivity index (χ0) is 19.1. The number of hydrogen-bond donors (Lipinski definition) is 1. The van der Waals surface area contributed by atoms with Gasteiger partial charge in [-0.25, -0.2) is 0 Å². The second-order valence-electron chi connectivity index (χ2n) is 5.66. The van der Waals surface area contributed by atoms with Crippen molar-refractivity contribution in [2.45, 2.75) is 18.2 Å². The molecule has 3 rings (SSSR count). The summed E-state index contributed by atoms with van der Waals surface area (Å²) in [5.41, 5.74) is 1.65. The first-order valence-electron chi connectivity index (χ1n) is 8.34. The van der Waals surface area contributed by atoms with Crippen LogP contribution < -0.4 is 5.32 Å². The van der Waals surface area contributed by atoms with E-state index in [1.54, 1.807) is 31.4 Å². The van der Waals surface area contributed by atoms with Crippen molar-refractivity contribution in [3.63, 3.8) is 0 Å². The van der Waals surface area contributed by atoms with Gasteiger partial charge in [0.2, 0.25) is 5.91 Å². The van der Waals surface area contributed by atoms with Crippen LogP contribution in [-0.4, -0.2) is 33.5 Å². The maximum absolute atomic E-state index is 12.1. The van der Waals surface area contributed by atoms with Crippen LogP contribution in [0.25, 0.3) is 5.69 Å². The van der Waals surface area contributed by atoms with Gasteiger partial charge in [0.25, 0.3) is 0 Å². The smallest absolute Gasteiger partial charge is 0.225 e. The molecule has 0 aliphatic heterocycles. The zero-order valence-corrected chi connectivity index (χ0v) is 16.3. The number of anilines is 1. The van der Waals surface area contributed by atoms with Gasteiger partial charge in [0.05, 0.1) is 0 Å². The van der Waals surface area contributed by atoms with Gasteiger partial charge in [-0.3, -0.25) is 9.36 Å². The largest absolute Gasteiger partial charge is 0.377 e. The molecule has 0 fully saturated rings. The number of nitrogens with zero attached hydrogens (tertiary/aromatic N) is 3. The second kappa shape index (κ2) is 9.55. The molecule has 1 aromatic heterocycles. The fourth-order valence-electron chi connectivity index (χ4n) is 2.48. The molecule has 1 amide bonds. The maximum Gasteiger partial charge on any atom is 0.225 e. The number of para-hydroxylation sites is 1. The summed E-state index contributed by atoms with van der Waals surface area (Å²) in [4.78, 5) is 12.1. The molecule has 6 nitrogen and oxygen atoms in total. The molecule has 0 aliphatic rings. The van der Waals surface area contributed by atoms with Gasteiger partial charge in [-0.05, 0) is 30.3 Å². The molecule has 2 aromatic carbocycles. The third-order valence-electron chi connectivity index (χ3n) is 3.66. The molecule has 0 unspecified atom stereocenters. The molecule has 27 heavy (non-hydrogen) atoms. The van der Waals surface area contributed by atoms with Crippen molar-refractivity contribution in [3.05, 3.63) is 65.4 Å². The molecule has 0 atom stereocenters. The molecule has 0 aliphatic carbocycles.